The molecule has 0 spiro atoms. The second-order valence-corrected chi connectivity index (χ2v) is 19.3. The Morgan fingerprint density at radius 1 is 0.514 bits per heavy atom. The molecule has 0 saturated carbocycles. The number of hydrogen-bond acceptors (Lipinski definition) is 13. The first kappa shape index (κ1) is 65.3. The summed E-state index contributed by atoms with van der Waals surface area (Å²) in [6.07, 6.45) is 40.4. The van der Waals surface area contributed by atoms with Crippen LogP contribution >= 0.6 is 0 Å². The van der Waals surface area contributed by atoms with Gasteiger partial charge in [0.15, 0.2) is 12.6 Å². The molecule has 2 fully saturated rings. The van der Waals surface area contributed by atoms with E-state index in [1.165, 1.54) is 83.5 Å². The summed E-state index contributed by atoms with van der Waals surface area (Å²) >= 11 is 0. The third kappa shape index (κ3) is 29.3. The number of aliphatic hydroxyl groups excluding tert-OH is 8. The Morgan fingerprint density at radius 2 is 0.958 bits per heavy atom. The van der Waals surface area contributed by atoms with E-state index in [9.17, 15) is 45.6 Å². The van der Waals surface area contributed by atoms with Crippen molar-refractivity contribution in [3.8, 4) is 0 Å². The Kier molecular flexibility index (Phi) is 39.4. The monoisotopic (exact) mass is 1020 g/mol. The lowest BCUT2D eigenvalue weighted by Gasteiger charge is -2.46. The summed E-state index contributed by atoms with van der Waals surface area (Å²) in [6, 6.07) is -0.943. The average Bonchev–Trinajstić information content (AvgIpc) is 3.38. The molecule has 2 rings (SSSR count). The van der Waals surface area contributed by atoms with E-state index < -0.39 is 86.8 Å². The molecule has 14 nitrogen and oxygen atoms in total. The maximum absolute atomic E-state index is 13.2. The minimum Gasteiger partial charge on any atom is -0.394 e. The highest BCUT2D eigenvalue weighted by Gasteiger charge is 2.51. The normalized spacial score (nSPS) is 26.2. The first-order chi connectivity index (χ1) is 35.1. The van der Waals surface area contributed by atoms with Crippen molar-refractivity contribution >= 4 is 5.91 Å². The fraction of sp³-hybridized carbons (Fsp3) is 0.741. The van der Waals surface area contributed by atoms with Gasteiger partial charge in [-0.25, -0.2) is 0 Å². The van der Waals surface area contributed by atoms with Crippen LogP contribution in [-0.4, -0.2) is 140 Å². The van der Waals surface area contributed by atoms with Crippen molar-refractivity contribution in [1.29, 1.82) is 0 Å². The molecule has 0 aliphatic carbocycles. The van der Waals surface area contributed by atoms with Gasteiger partial charge in [-0.1, -0.05) is 189 Å². The zero-order valence-electron chi connectivity index (χ0n) is 44.1. The maximum Gasteiger partial charge on any atom is 0.220 e. The number of nitrogens with one attached hydrogen (secondary N) is 1. The molecule has 2 aliphatic rings. The van der Waals surface area contributed by atoms with Gasteiger partial charge in [-0.15, -0.1) is 0 Å². The minimum atomic E-state index is -1.80. The van der Waals surface area contributed by atoms with Crippen LogP contribution in [0.5, 0.6) is 0 Å². The highest BCUT2D eigenvalue weighted by Crippen LogP contribution is 2.30. The lowest BCUT2D eigenvalue weighted by atomic mass is 9.97. The quantitative estimate of drug-likeness (QED) is 0.0207. The molecule has 414 valence electrons. The average molecular weight is 1020 g/mol. The van der Waals surface area contributed by atoms with Gasteiger partial charge in [0.05, 0.1) is 32.0 Å². The maximum atomic E-state index is 13.2. The Bertz CT molecular complexity index is 1530. The van der Waals surface area contributed by atoms with E-state index in [1.54, 1.807) is 6.08 Å². The minimum absolute atomic E-state index is 0.222. The van der Waals surface area contributed by atoms with E-state index in [-0.39, 0.29) is 18.9 Å². The van der Waals surface area contributed by atoms with Gasteiger partial charge in [0.2, 0.25) is 5.91 Å². The Morgan fingerprint density at radius 3 is 1.47 bits per heavy atom. The molecule has 0 bridgehead atoms. The number of hydrogen-bond donors (Lipinski definition) is 9. The molecule has 12 unspecified atom stereocenters. The SMILES string of the molecule is CC/C=C\C/C=C\C/C=C\C/C=C\C/C=C\C/C=C\CCCCC(=O)NC(COC1OC(CO)C(OC2OC(CO)C(O)C(O)C2O)C(O)C1O)C(O)/C=C/CCCCCCCCCCCCCCCCC. The fourth-order valence-electron chi connectivity index (χ4n) is 8.59. The van der Waals surface area contributed by atoms with Gasteiger partial charge in [0.1, 0.15) is 48.8 Å². The van der Waals surface area contributed by atoms with E-state index in [1.807, 2.05) is 6.08 Å². The molecule has 2 aliphatic heterocycles. The highest BCUT2D eigenvalue weighted by atomic mass is 16.7. The van der Waals surface area contributed by atoms with Crippen LogP contribution in [0.15, 0.2) is 85.1 Å². The van der Waals surface area contributed by atoms with Crippen LogP contribution in [0.2, 0.25) is 0 Å². The van der Waals surface area contributed by atoms with Crippen molar-refractivity contribution in [2.24, 2.45) is 0 Å². The molecule has 0 aromatic rings. The fourth-order valence-corrected chi connectivity index (χ4v) is 8.59. The zero-order valence-corrected chi connectivity index (χ0v) is 44.1. The number of aliphatic hydroxyl groups is 8. The van der Waals surface area contributed by atoms with Gasteiger partial charge in [-0.3, -0.25) is 4.79 Å². The third-order valence-corrected chi connectivity index (χ3v) is 13.1. The predicted octanol–water partition coefficient (Wildman–Crippen LogP) is 8.55. The third-order valence-electron chi connectivity index (χ3n) is 13.1. The van der Waals surface area contributed by atoms with Crippen molar-refractivity contribution in [3.63, 3.8) is 0 Å². The van der Waals surface area contributed by atoms with Crippen molar-refractivity contribution in [2.75, 3.05) is 19.8 Å². The summed E-state index contributed by atoms with van der Waals surface area (Å²) in [5, 5.41) is 86.9. The summed E-state index contributed by atoms with van der Waals surface area (Å²) < 4.78 is 22.7. The van der Waals surface area contributed by atoms with Gasteiger partial charge < -0.3 is 65.1 Å². The molecular weight excluding hydrogens is 919 g/mol. The van der Waals surface area contributed by atoms with E-state index in [0.29, 0.717) is 6.42 Å². The first-order valence-corrected chi connectivity index (χ1v) is 27.8. The predicted molar refractivity (Wildman–Crippen MR) is 286 cm³/mol. The Hall–Kier alpha value is -2.83. The highest BCUT2D eigenvalue weighted by molar-refractivity contribution is 5.76. The van der Waals surface area contributed by atoms with Crippen molar-refractivity contribution in [3.05, 3.63) is 85.1 Å². The second kappa shape index (κ2) is 43.4. The zero-order chi connectivity index (χ0) is 52.4. The van der Waals surface area contributed by atoms with Crippen LogP contribution in [0.4, 0.5) is 0 Å². The van der Waals surface area contributed by atoms with E-state index in [4.69, 9.17) is 18.9 Å². The Labute approximate surface area is 433 Å². The van der Waals surface area contributed by atoms with Crippen molar-refractivity contribution in [1.82, 2.24) is 5.32 Å². The van der Waals surface area contributed by atoms with Crippen molar-refractivity contribution < 1.29 is 64.6 Å². The molecule has 14 heteroatoms. The lowest BCUT2D eigenvalue weighted by Crippen LogP contribution is -2.65. The van der Waals surface area contributed by atoms with Crippen LogP contribution in [-0.2, 0) is 23.7 Å². The summed E-state index contributed by atoms with van der Waals surface area (Å²) in [5.41, 5.74) is 0. The summed E-state index contributed by atoms with van der Waals surface area (Å²) in [6.45, 7) is 2.64. The molecule has 2 heterocycles. The number of ether oxygens (including phenoxy) is 4. The van der Waals surface area contributed by atoms with E-state index in [2.05, 4.69) is 92.1 Å². The number of rotatable bonds is 42. The van der Waals surface area contributed by atoms with Gasteiger partial charge in [0.25, 0.3) is 0 Å². The molecule has 0 aromatic heterocycles. The number of amides is 1. The number of allylic oxidation sites excluding steroid dienone is 13. The molecule has 72 heavy (non-hydrogen) atoms. The largest absolute Gasteiger partial charge is 0.394 e. The summed E-state index contributed by atoms with van der Waals surface area (Å²) in [5.74, 6) is -0.285. The van der Waals surface area contributed by atoms with Gasteiger partial charge in [-0.05, 0) is 70.6 Å². The van der Waals surface area contributed by atoms with Gasteiger partial charge in [-0.2, -0.15) is 0 Å². The van der Waals surface area contributed by atoms with E-state index in [0.717, 1.165) is 70.6 Å². The van der Waals surface area contributed by atoms with Crippen LogP contribution < -0.4 is 5.32 Å². The smallest absolute Gasteiger partial charge is 0.220 e. The van der Waals surface area contributed by atoms with Crippen molar-refractivity contribution in [2.45, 2.75) is 254 Å². The number of unbranched alkanes of at least 4 members (excludes halogenated alkanes) is 17. The van der Waals surface area contributed by atoms with Crippen LogP contribution in [0, 0.1) is 0 Å². The summed E-state index contributed by atoms with van der Waals surface area (Å²) in [7, 11) is 0. The topological polar surface area (TPSA) is 228 Å². The molecule has 0 aromatic carbocycles. The standard InChI is InChI=1S/C58H99NO13/c1-3-5-7-9-11-13-15-17-19-21-22-23-24-26-28-30-32-34-36-38-40-42-50(63)59-46(47(62)41-39-37-35-33-31-29-27-25-20-18-16-14-12-10-8-6-4-2)45-69-57-55(68)53(66)56(49(44-61)71-57)72-58-54(67)52(65)51(64)48(43-60)70-58/h5,7,11,13,17,19,22-23,26,28,32,34,39,41,46-49,51-58,60-62,64-68H,3-4,6,8-10,12,14-16,18,20-21,24-25,27,29-31,33,35-38,40,42-45H2,1-2H3,(H,59,63)/b7-5-,13-11-,19-17-,23-22-,28-26-,34-32-,41-39+. The van der Waals surface area contributed by atoms with E-state index >= 15 is 0 Å². The summed E-state index contributed by atoms with van der Waals surface area (Å²) in [4.78, 5) is 13.2. The molecule has 1 amide bonds. The first-order valence-electron chi connectivity index (χ1n) is 27.8. The lowest BCUT2D eigenvalue weighted by molar-refractivity contribution is -0.359. The molecule has 9 N–H and O–H groups in total. The van der Waals surface area contributed by atoms with Gasteiger partial charge in [0, 0.05) is 6.42 Å². The second-order valence-electron chi connectivity index (χ2n) is 19.3. The van der Waals surface area contributed by atoms with Crippen LogP contribution in [0.3, 0.4) is 0 Å². The van der Waals surface area contributed by atoms with Crippen LogP contribution in [0.1, 0.15) is 181 Å². The van der Waals surface area contributed by atoms with Gasteiger partial charge >= 0.3 is 0 Å². The molecule has 12 atom stereocenters. The Balaban J connectivity index is 1.84. The number of carbonyl (C=O) groups excluding carboxylic acids is 1. The molecule has 0 radical (unpaired) electrons. The molecule has 2 saturated heterocycles. The van der Waals surface area contributed by atoms with Crippen LogP contribution in [0.25, 0.3) is 0 Å². The number of carbonyl (C=O) groups is 1. The molecular formula is C58H99NO13.